The molecule has 1 saturated carbocycles. The monoisotopic (exact) mass is 364 g/mol. The van der Waals surface area contributed by atoms with E-state index in [-0.39, 0.29) is 4.75 Å². The van der Waals surface area contributed by atoms with Crippen molar-refractivity contribution in [3.05, 3.63) is 35.4 Å². The van der Waals surface area contributed by atoms with Crippen LogP contribution in [0.5, 0.6) is 0 Å². The minimum Gasteiger partial charge on any atom is -0.598 e. The second kappa shape index (κ2) is 9.96. The summed E-state index contributed by atoms with van der Waals surface area (Å²) in [7, 11) is 0. The first-order chi connectivity index (χ1) is 11.9. The number of nitrogens with one attached hydrogen (secondary N) is 2. The quantitative estimate of drug-likeness (QED) is 0.669. The van der Waals surface area contributed by atoms with E-state index in [1.54, 1.807) is 0 Å². The highest BCUT2D eigenvalue weighted by molar-refractivity contribution is 7.90. The fourth-order valence-electron chi connectivity index (χ4n) is 3.21. The molecule has 4 heteroatoms. The van der Waals surface area contributed by atoms with E-state index in [0.717, 1.165) is 32.2 Å². The van der Waals surface area contributed by atoms with Gasteiger partial charge in [0, 0.05) is 23.9 Å². The van der Waals surface area contributed by atoms with E-state index >= 15 is 0 Å². The highest BCUT2D eigenvalue weighted by Crippen LogP contribution is 2.22. The maximum Gasteiger partial charge on any atom is 0.136 e. The standard InChI is InChI=1S/C21H36N2OS/c1-5-6-7-17-8-10-18(11-9-17)16-22-19-12-14-20(15-13-19)23-25(24)21(2,3)4/h8-11,19-20,22-23H,5-7,12-16H2,1-4H3/t19-,20-,25?. The summed E-state index contributed by atoms with van der Waals surface area (Å²) in [6.45, 7) is 9.26. The summed E-state index contributed by atoms with van der Waals surface area (Å²) < 4.78 is 15.3. The lowest BCUT2D eigenvalue weighted by Gasteiger charge is -2.32. The van der Waals surface area contributed by atoms with Gasteiger partial charge in [-0.3, -0.25) is 0 Å². The zero-order valence-electron chi connectivity index (χ0n) is 16.4. The van der Waals surface area contributed by atoms with Gasteiger partial charge in [0.1, 0.15) is 4.75 Å². The summed E-state index contributed by atoms with van der Waals surface area (Å²) in [5, 5.41) is 3.70. The highest BCUT2D eigenvalue weighted by atomic mass is 32.2. The second-order valence-electron chi connectivity index (χ2n) is 8.35. The van der Waals surface area contributed by atoms with Gasteiger partial charge in [0.05, 0.1) is 6.04 Å². The Kier molecular flexibility index (Phi) is 8.27. The molecule has 1 unspecified atom stereocenters. The van der Waals surface area contributed by atoms with Crippen LogP contribution in [0.25, 0.3) is 0 Å². The number of hydrogen-bond acceptors (Lipinski definition) is 3. The van der Waals surface area contributed by atoms with E-state index in [2.05, 4.69) is 41.2 Å². The molecule has 0 heterocycles. The molecule has 0 spiro atoms. The molecule has 2 rings (SSSR count). The van der Waals surface area contributed by atoms with Crippen LogP contribution in [0.3, 0.4) is 0 Å². The maximum absolute atomic E-state index is 12.2. The Hall–Kier alpha value is -0.550. The Bertz CT molecular complexity index is 490. The van der Waals surface area contributed by atoms with Gasteiger partial charge < -0.3 is 9.87 Å². The van der Waals surface area contributed by atoms with Gasteiger partial charge in [0.25, 0.3) is 0 Å². The third-order valence-electron chi connectivity index (χ3n) is 4.99. The molecule has 1 aromatic carbocycles. The fourth-order valence-corrected chi connectivity index (χ4v) is 4.10. The van der Waals surface area contributed by atoms with Gasteiger partial charge >= 0.3 is 0 Å². The third-order valence-corrected chi connectivity index (χ3v) is 6.65. The Morgan fingerprint density at radius 3 is 2.12 bits per heavy atom. The molecule has 0 radical (unpaired) electrons. The lowest BCUT2D eigenvalue weighted by Crippen LogP contribution is -2.47. The zero-order chi connectivity index (χ0) is 18.3. The van der Waals surface area contributed by atoms with E-state index in [1.807, 2.05) is 20.8 Å². The number of rotatable bonds is 8. The van der Waals surface area contributed by atoms with Gasteiger partial charge in [-0.25, -0.2) is 0 Å². The molecule has 1 aromatic rings. The van der Waals surface area contributed by atoms with Gasteiger partial charge in [0.2, 0.25) is 0 Å². The summed E-state index contributed by atoms with van der Waals surface area (Å²) >= 11 is -0.955. The maximum atomic E-state index is 12.2. The fraction of sp³-hybridized carbons (Fsp3) is 0.714. The third kappa shape index (κ3) is 7.30. The van der Waals surface area contributed by atoms with Crippen molar-refractivity contribution >= 4 is 11.4 Å². The largest absolute Gasteiger partial charge is 0.598 e. The summed E-state index contributed by atoms with van der Waals surface area (Å²) in [4.78, 5) is 0. The van der Waals surface area contributed by atoms with Gasteiger partial charge in [-0.05, 0) is 70.4 Å². The average Bonchev–Trinajstić information content (AvgIpc) is 2.59. The molecular formula is C21H36N2OS. The zero-order valence-corrected chi connectivity index (χ0v) is 17.3. The molecule has 1 aliphatic carbocycles. The Labute approximate surface area is 157 Å². The van der Waals surface area contributed by atoms with Crippen molar-refractivity contribution in [2.45, 2.75) is 96.0 Å². The van der Waals surface area contributed by atoms with Gasteiger partial charge in [-0.1, -0.05) is 37.6 Å². The normalized spacial score (nSPS) is 22.8. The summed E-state index contributed by atoms with van der Waals surface area (Å²) in [6, 6.07) is 10.1. The number of aryl methyl sites for hydroxylation is 1. The van der Waals surface area contributed by atoms with E-state index in [9.17, 15) is 4.55 Å². The molecule has 25 heavy (non-hydrogen) atoms. The SMILES string of the molecule is CCCCc1ccc(CN[C@H]2CC[C@H](N[S+]([O-])C(C)(C)C)CC2)cc1. The van der Waals surface area contributed by atoms with E-state index in [0.29, 0.717) is 12.1 Å². The smallest absolute Gasteiger partial charge is 0.136 e. The molecule has 0 aliphatic heterocycles. The molecule has 1 atom stereocenters. The molecule has 0 saturated heterocycles. The van der Waals surface area contributed by atoms with Crippen molar-refractivity contribution < 1.29 is 4.55 Å². The van der Waals surface area contributed by atoms with Gasteiger partial charge in [-0.2, -0.15) is 0 Å². The van der Waals surface area contributed by atoms with Crippen LogP contribution < -0.4 is 10.0 Å². The molecule has 2 N–H and O–H groups in total. The van der Waals surface area contributed by atoms with E-state index in [1.165, 1.54) is 30.4 Å². The molecule has 1 fully saturated rings. The Morgan fingerprint density at radius 1 is 1.00 bits per heavy atom. The number of benzene rings is 1. The Morgan fingerprint density at radius 2 is 1.56 bits per heavy atom. The lowest BCUT2D eigenvalue weighted by atomic mass is 9.91. The van der Waals surface area contributed by atoms with Crippen LogP contribution in [-0.2, 0) is 24.3 Å². The molecular weight excluding hydrogens is 328 g/mol. The van der Waals surface area contributed by atoms with Crippen LogP contribution in [0.1, 0.15) is 77.3 Å². The minimum absolute atomic E-state index is 0.182. The predicted octanol–water partition coefficient (Wildman–Crippen LogP) is 4.48. The highest BCUT2D eigenvalue weighted by Gasteiger charge is 2.31. The van der Waals surface area contributed by atoms with Crippen molar-refractivity contribution in [2.75, 3.05) is 0 Å². The molecule has 0 aromatic heterocycles. The molecule has 3 nitrogen and oxygen atoms in total. The van der Waals surface area contributed by atoms with E-state index in [4.69, 9.17) is 0 Å². The molecule has 0 bridgehead atoms. The molecule has 142 valence electrons. The van der Waals surface area contributed by atoms with Crippen LogP contribution in [0.2, 0.25) is 0 Å². The van der Waals surface area contributed by atoms with Crippen LogP contribution in [0, 0.1) is 0 Å². The summed E-state index contributed by atoms with van der Waals surface area (Å²) in [5.74, 6) is 0. The van der Waals surface area contributed by atoms with Crippen molar-refractivity contribution in [3.63, 3.8) is 0 Å². The Balaban J connectivity index is 1.68. The van der Waals surface area contributed by atoms with Crippen LogP contribution >= 0.6 is 0 Å². The van der Waals surface area contributed by atoms with E-state index < -0.39 is 11.4 Å². The minimum atomic E-state index is -0.955. The summed E-state index contributed by atoms with van der Waals surface area (Å²) in [6.07, 6.45) is 8.25. The first kappa shape index (κ1) is 20.8. The summed E-state index contributed by atoms with van der Waals surface area (Å²) in [5.41, 5.74) is 2.82. The van der Waals surface area contributed by atoms with Crippen molar-refractivity contribution in [1.29, 1.82) is 0 Å². The van der Waals surface area contributed by atoms with Crippen LogP contribution in [-0.4, -0.2) is 21.4 Å². The van der Waals surface area contributed by atoms with Crippen molar-refractivity contribution in [1.82, 2.24) is 10.0 Å². The van der Waals surface area contributed by atoms with Crippen molar-refractivity contribution in [2.24, 2.45) is 0 Å². The average molecular weight is 365 g/mol. The van der Waals surface area contributed by atoms with Gasteiger partial charge in [-0.15, -0.1) is 4.72 Å². The number of unbranched alkanes of at least 4 members (excludes halogenated alkanes) is 1. The first-order valence-corrected chi connectivity index (χ1v) is 11.0. The topological polar surface area (TPSA) is 47.1 Å². The van der Waals surface area contributed by atoms with Crippen LogP contribution in [0.4, 0.5) is 0 Å². The predicted molar refractivity (Wildman–Crippen MR) is 109 cm³/mol. The molecule has 1 aliphatic rings. The lowest BCUT2D eigenvalue weighted by molar-refractivity contribution is 0.327. The second-order valence-corrected chi connectivity index (χ2v) is 10.3. The van der Waals surface area contributed by atoms with Crippen molar-refractivity contribution in [3.8, 4) is 0 Å². The number of hydrogen-bond donors (Lipinski definition) is 2. The van der Waals surface area contributed by atoms with Crippen LogP contribution in [0.15, 0.2) is 24.3 Å². The first-order valence-electron chi connectivity index (χ1n) is 9.87. The molecule has 0 amide bonds. The van der Waals surface area contributed by atoms with Gasteiger partial charge in [0.15, 0.2) is 0 Å².